The Morgan fingerprint density at radius 1 is 1.57 bits per heavy atom. The molecule has 0 aliphatic heterocycles. The molecule has 6 heteroatoms. The van der Waals surface area contributed by atoms with Crippen LogP contribution in [0.15, 0.2) is 11.1 Å². The van der Waals surface area contributed by atoms with Gasteiger partial charge < -0.3 is 10.6 Å². The number of nitrogens with one attached hydrogen (secondary N) is 2. The molecule has 0 atom stereocenters. The van der Waals surface area contributed by atoms with Crippen molar-refractivity contribution in [1.29, 1.82) is 0 Å². The Balaban J connectivity index is 2.57. The van der Waals surface area contributed by atoms with Gasteiger partial charge in [0, 0.05) is 26.2 Å². The molecular formula is C8H11Cl2N3S. The Morgan fingerprint density at radius 3 is 2.71 bits per heavy atom. The van der Waals surface area contributed by atoms with Crippen molar-refractivity contribution in [3.63, 3.8) is 0 Å². The Morgan fingerprint density at radius 2 is 2.29 bits per heavy atom. The lowest BCUT2D eigenvalue weighted by Gasteiger charge is -2.06. The first-order chi connectivity index (χ1) is 6.67. The zero-order valence-electron chi connectivity index (χ0n) is 7.90. The summed E-state index contributed by atoms with van der Waals surface area (Å²) < 4.78 is 1.42. The number of aliphatic imine (C=N–C) groups is 1. The molecule has 0 saturated heterocycles. The standard InChI is InChI=1S/C8H11Cl2N3S/c1-11-8(12-2)13-4-5-3-6(9)14-7(5)10/h3H,4H2,1-2H3,(H2,11,12,13). The third kappa shape index (κ3) is 3.04. The molecule has 3 nitrogen and oxygen atoms in total. The largest absolute Gasteiger partial charge is 0.359 e. The van der Waals surface area contributed by atoms with Crippen LogP contribution in [-0.4, -0.2) is 20.1 Å². The van der Waals surface area contributed by atoms with E-state index in [-0.39, 0.29) is 0 Å². The average molecular weight is 252 g/mol. The molecule has 1 aromatic heterocycles. The van der Waals surface area contributed by atoms with E-state index in [0.29, 0.717) is 15.2 Å². The first-order valence-corrected chi connectivity index (χ1v) is 5.56. The Kier molecular flexibility index (Phi) is 4.51. The summed E-state index contributed by atoms with van der Waals surface area (Å²) in [5.41, 5.74) is 0.984. The minimum absolute atomic E-state index is 0.621. The lowest BCUT2D eigenvalue weighted by Crippen LogP contribution is -2.33. The van der Waals surface area contributed by atoms with Crippen molar-refractivity contribution in [2.24, 2.45) is 4.99 Å². The van der Waals surface area contributed by atoms with Crippen LogP contribution in [0.5, 0.6) is 0 Å². The van der Waals surface area contributed by atoms with Gasteiger partial charge in [-0.2, -0.15) is 0 Å². The number of thiophene rings is 1. The van der Waals surface area contributed by atoms with Crippen LogP contribution in [0.25, 0.3) is 0 Å². The molecule has 1 rings (SSSR count). The van der Waals surface area contributed by atoms with Crippen LogP contribution in [0.2, 0.25) is 8.67 Å². The van der Waals surface area contributed by atoms with Crippen LogP contribution < -0.4 is 10.6 Å². The summed E-state index contributed by atoms with van der Waals surface area (Å²) in [6.45, 7) is 0.621. The molecule has 1 aromatic rings. The maximum Gasteiger partial charge on any atom is 0.190 e. The number of rotatable bonds is 2. The molecule has 0 aliphatic carbocycles. The molecule has 14 heavy (non-hydrogen) atoms. The van der Waals surface area contributed by atoms with Crippen molar-refractivity contribution in [3.05, 3.63) is 20.3 Å². The van der Waals surface area contributed by atoms with Crippen LogP contribution in [0.4, 0.5) is 0 Å². The number of halogens is 2. The van der Waals surface area contributed by atoms with E-state index in [4.69, 9.17) is 23.2 Å². The van der Waals surface area contributed by atoms with Gasteiger partial charge in [0.05, 0.1) is 8.67 Å². The zero-order chi connectivity index (χ0) is 10.6. The molecule has 2 N–H and O–H groups in total. The molecule has 1 heterocycles. The lowest BCUT2D eigenvalue weighted by atomic mass is 10.3. The molecular weight excluding hydrogens is 241 g/mol. The molecule has 78 valence electrons. The summed E-state index contributed by atoms with van der Waals surface area (Å²) >= 11 is 13.1. The summed E-state index contributed by atoms with van der Waals surface area (Å²) in [6, 6.07) is 1.85. The van der Waals surface area contributed by atoms with Gasteiger partial charge >= 0.3 is 0 Å². The van der Waals surface area contributed by atoms with Crippen molar-refractivity contribution in [1.82, 2.24) is 10.6 Å². The topological polar surface area (TPSA) is 36.4 Å². The number of hydrogen-bond acceptors (Lipinski definition) is 2. The number of nitrogens with zero attached hydrogens (tertiary/aromatic N) is 1. The second-order valence-corrected chi connectivity index (χ2v) is 4.81. The summed E-state index contributed by atoms with van der Waals surface area (Å²) in [5, 5.41) is 6.01. The molecule has 0 fully saturated rings. The van der Waals surface area contributed by atoms with E-state index in [1.807, 2.05) is 6.07 Å². The van der Waals surface area contributed by atoms with E-state index >= 15 is 0 Å². The monoisotopic (exact) mass is 251 g/mol. The Labute approximate surface area is 97.1 Å². The maximum absolute atomic E-state index is 5.95. The molecule has 0 bridgehead atoms. The highest BCUT2D eigenvalue weighted by Gasteiger charge is 2.05. The fourth-order valence-corrected chi connectivity index (χ4v) is 2.44. The first kappa shape index (κ1) is 11.6. The quantitative estimate of drug-likeness (QED) is 0.626. The molecule has 0 unspecified atom stereocenters. The van der Waals surface area contributed by atoms with E-state index in [1.165, 1.54) is 11.3 Å². The second kappa shape index (κ2) is 5.44. The third-order valence-electron chi connectivity index (χ3n) is 1.63. The highest BCUT2D eigenvalue weighted by Crippen LogP contribution is 2.30. The number of guanidine groups is 1. The average Bonchev–Trinajstić information content (AvgIpc) is 2.47. The van der Waals surface area contributed by atoms with Gasteiger partial charge in [0.1, 0.15) is 0 Å². The van der Waals surface area contributed by atoms with Gasteiger partial charge in [-0.05, 0) is 6.07 Å². The summed E-state index contributed by atoms with van der Waals surface area (Å²) in [4.78, 5) is 3.98. The maximum atomic E-state index is 5.95. The Hall–Kier alpha value is -0.450. The van der Waals surface area contributed by atoms with Gasteiger partial charge in [0.15, 0.2) is 5.96 Å². The molecule has 0 amide bonds. The van der Waals surface area contributed by atoms with Crippen LogP contribution >= 0.6 is 34.5 Å². The van der Waals surface area contributed by atoms with E-state index in [0.717, 1.165) is 11.5 Å². The molecule has 0 spiro atoms. The third-order valence-corrected chi connectivity index (χ3v) is 3.20. The fraction of sp³-hybridized carbons (Fsp3) is 0.375. The normalized spacial score (nSPS) is 11.6. The van der Waals surface area contributed by atoms with Gasteiger partial charge in [-0.15, -0.1) is 11.3 Å². The molecule has 0 aliphatic rings. The van der Waals surface area contributed by atoms with Crippen LogP contribution in [0, 0.1) is 0 Å². The highest BCUT2D eigenvalue weighted by atomic mass is 35.5. The second-order valence-electron chi connectivity index (χ2n) is 2.53. The van der Waals surface area contributed by atoms with Gasteiger partial charge in [-0.1, -0.05) is 23.2 Å². The van der Waals surface area contributed by atoms with Crippen molar-refractivity contribution in [2.45, 2.75) is 6.54 Å². The fourth-order valence-electron chi connectivity index (χ4n) is 0.953. The van der Waals surface area contributed by atoms with Crippen LogP contribution in [-0.2, 0) is 6.54 Å². The summed E-state index contributed by atoms with van der Waals surface area (Å²) in [7, 11) is 3.51. The first-order valence-electron chi connectivity index (χ1n) is 3.99. The van der Waals surface area contributed by atoms with Gasteiger partial charge in [0.2, 0.25) is 0 Å². The predicted octanol–water partition coefficient (Wildman–Crippen LogP) is 2.35. The van der Waals surface area contributed by atoms with Crippen LogP contribution in [0.1, 0.15) is 5.56 Å². The minimum atomic E-state index is 0.621. The minimum Gasteiger partial charge on any atom is -0.359 e. The summed E-state index contributed by atoms with van der Waals surface area (Å²) in [5.74, 6) is 0.725. The van der Waals surface area contributed by atoms with E-state index < -0.39 is 0 Å². The van der Waals surface area contributed by atoms with E-state index in [1.54, 1.807) is 14.1 Å². The van der Waals surface area contributed by atoms with Crippen molar-refractivity contribution in [3.8, 4) is 0 Å². The Bertz CT molecular complexity index is 335. The van der Waals surface area contributed by atoms with E-state index in [9.17, 15) is 0 Å². The number of hydrogen-bond donors (Lipinski definition) is 2. The molecule has 0 saturated carbocycles. The highest BCUT2D eigenvalue weighted by molar-refractivity contribution is 7.20. The molecule has 0 aromatic carbocycles. The molecule has 0 radical (unpaired) electrons. The zero-order valence-corrected chi connectivity index (χ0v) is 10.2. The van der Waals surface area contributed by atoms with Crippen molar-refractivity contribution < 1.29 is 0 Å². The van der Waals surface area contributed by atoms with Crippen LogP contribution in [0.3, 0.4) is 0 Å². The van der Waals surface area contributed by atoms with Crippen molar-refractivity contribution >= 4 is 40.5 Å². The van der Waals surface area contributed by atoms with Gasteiger partial charge in [-0.3, -0.25) is 4.99 Å². The van der Waals surface area contributed by atoms with Crippen molar-refractivity contribution in [2.75, 3.05) is 14.1 Å². The van der Waals surface area contributed by atoms with Gasteiger partial charge in [-0.25, -0.2) is 0 Å². The lowest BCUT2D eigenvalue weighted by molar-refractivity contribution is 0.869. The SMILES string of the molecule is CN=C(NC)NCc1cc(Cl)sc1Cl. The predicted molar refractivity (Wildman–Crippen MR) is 63.6 cm³/mol. The van der Waals surface area contributed by atoms with E-state index in [2.05, 4.69) is 15.6 Å². The summed E-state index contributed by atoms with van der Waals surface area (Å²) in [6.07, 6.45) is 0. The van der Waals surface area contributed by atoms with Gasteiger partial charge in [0.25, 0.3) is 0 Å². The smallest absolute Gasteiger partial charge is 0.190 e.